The van der Waals surface area contributed by atoms with Crippen molar-refractivity contribution in [3.05, 3.63) is 134 Å². The molecule has 1 heterocycles. The van der Waals surface area contributed by atoms with Gasteiger partial charge in [0, 0.05) is 34.4 Å². The Morgan fingerprint density at radius 3 is 1.48 bits per heavy atom. The summed E-state index contributed by atoms with van der Waals surface area (Å²) in [6.45, 7) is 0. The Morgan fingerprint density at radius 1 is 0.587 bits per heavy atom. The molecule has 4 aromatic carbocycles. The van der Waals surface area contributed by atoms with Crippen molar-refractivity contribution in [1.82, 2.24) is 21.7 Å². The summed E-state index contributed by atoms with van der Waals surface area (Å²) in [5.41, 5.74) is 11.4. The zero-order valence-electron chi connectivity index (χ0n) is 23.3. The second kappa shape index (κ2) is 12.7. The van der Waals surface area contributed by atoms with Crippen molar-refractivity contribution in [2.24, 2.45) is 0 Å². The smallest absolute Gasteiger partial charge is 0.269 e. The maximum Gasteiger partial charge on any atom is 0.269 e. The summed E-state index contributed by atoms with van der Waals surface area (Å²) >= 11 is 0. The van der Waals surface area contributed by atoms with E-state index < -0.39 is 40.4 Å². The maximum atomic E-state index is 13.2. The van der Waals surface area contributed by atoms with Gasteiger partial charge in [0.2, 0.25) is 0 Å². The lowest BCUT2D eigenvalue weighted by molar-refractivity contribution is -0.384. The first-order chi connectivity index (χ1) is 22.1. The molecule has 0 atom stereocenters. The van der Waals surface area contributed by atoms with Crippen molar-refractivity contribution in [3.8, 4) is 0 Å². The average Bonchev–Trinajstić information content (AvgIpc) is 3.34. The normalized spacial score (nSPS) is 11.7. The van der Waals surface area contributed by atoms with Gasteiger partial charge in [-0.1, -0.05) is 0 Å². The molecule has 0 saturated heterocycles. The van der Waals surface area contributed by atoms with Crippen LogP contribution < -0.4 is 32.1 Å². The van der Waals surface area contributed by atoms with Gasteiger partial charge >= 0.3 is 0 Å². The van der Waals surface area contributed by atoms with Crippen molar-refractivity contribution in [2.45, 2.75) is 0 Å². The van der Waals surface area contributed by atoms with Gasteiger partial charge in [0.25, 0.3) is 41.1 Å². The van der Waals surface area contributed by atoms with Gasteiger partial charge in [-0.25, -0.2) is 4.90 Å². The number of benzene rings is 4. The predicted octanol–water partition coefficient (Wildman–Crippen LogP) is 2.35. The lowest BCUT2D eigenvalue weighted by Gasteiger charge is -2.14. The Kier molecular flexibility index (Phi) is 8.45. The first-order valence-electron chi connectivity index (χ1n) is 13.2. The number of amides is 6. The molecule has 0 radical (unpaired) electrons. The minimum Gasteiger partial charge on any atom is -0.291 e. The van der Waals surface area contributed by atoms with Crippen LogP contribution in [0.25, 0.3) is 0 Å². The van der Waals surface area contributed by atoms with E-state index in [1.54, 1.807) is 0 Å². The zero-order valence-corrected chi connectivity index (χ0v) is 23.3. The first-order valence-corrected chi connectivity index (χ1v) is 13.2. The fraction of sp³-hybridized carbons (Fsp3) is 0. The molecule has 0 fully saturated rings. The molecule has 4 aromatic rings. The summed E-state index contributed by atoms with van der Waals surface area (Å²) in [6, 6.07) is 19.6. The zero-order chi connectivity index (χ0) is 33.0. The third kappa shape index (κ3) is 6.21. The van der Waals surface area contributed by atoms with Gasteiger partial charge < -0.3 is 0 Å². The molecule has 16 nitrogen and oxygen atoms in total. The Morgan fingerprint density at radius 2 is 1.00 bits per heavy atom. The molecule has 0 aliphatic carbocycles. The molecular weight excluding hydrogens is 602 g/mol. The molecule has 6 N–H and O–H groups in total. The highest BCUT2D eigenvalue weighted by molar-refractivity contribution is 6.34. The van der Waals surface area contributed by atoms with E-state index in [0.717, 1.165) is 17.0 Å². The number of imide groups is 1. The van der Waals surface area contributed by atoms with Gasteiger partial charge in [-0.3, -0.25) is 71.3 Å². The minimum atomic E-state index is -0.793. The molecule has 1 aliphatic heterocycles. The quantitative estimate of drug-likeness (QED) is 0.1000. The van der Waals surface area contributed by atoms with E-state index in [2.05, 4.69) is 21.7 Å². The van der Waals surface area contributed by atoms with Gasteiger partial charge in [0.05, 0.1) is 27.4 Å². The van der Waals surface area contributed by atoms with Crippen LogP contribution in [0.4, 0.5) is 17.1 Å². The van der Waals surface area contributed by atoms with Gasteiger partial charge in [0.15, 0.2) is 0 Å². The molecule has 46 heavy (non-hydrogen) atoms. The lowest BCUT2D eigenvalue weighted by Crippen LogP contribution is -2.41. The van der Waals surface area contributed by atoms with Gasteiger partial charge in [-0.05, 0) is 78.9 Å². The predicted molar refractivity (Wildman–Crippen MR) is 159 cm³/mol. The minimum absolute atomic E-state index is 0.0313. The molecule has 230 valence electrons. The molecule has 0 saturated carbocycles. The second-order valence-electron chi connectivity index (χ2n) is 9.56. The topological polar surface area (TPSA) is 229 Å². The standard InChI is InChI=1S/C30H21N7O9/c38-25(16-1-8-20(35-44)9-2-16)31-32-26(39)17-3-10-21(11-4-17)36-29(42)23-14-7-19(15-24(23)30(36)43)28(41)34-33-27(40)18-5-12-22(13-6-18)37(45)46/h1-15,35,44H,(H,31,38)(H,32,39)(H,33,40)(H,34,41). The van der Waals surface area contributed by atoms with Crippen LogP contribution in [0.15, 0.2) is 91.0 Å². The molecule has 16 heteroatoms. The number of nitrogens with zero attached hydrogens (tertiary/aromatic N) is 2. The fourth-order valence-corrected chi connectivity index (χ4v) is 4.32. The monoisotopic (exact) mass is 623 g/mol. The van der Waals surface area contributed by atoms with Crippen LogP contribution in [-0.4, -0.2) is 45.6 Å². The number of carbonyl (C=O) groups is 6. The van der Waals surface area contributed by atoms with Gasteiger partial charge in [-0.15, -0.1) is 0 Å². The van der Waals surface area contributed by atoms with E-state index in [9.17, 15) is 38.9 Å². The number of anilines is 2. The highest BCUT2D eigenvalue weighted by Gasteiger charge is 2.37. The van der Waals surface area contributed by atoms with E-state index in [1.165, 1.54) is 78.9 Å². The third-order valence-electron chi connectivity index (χ3n) is 6.73. The number of nitro groups is 1. The van der Waals surface area contributed by atoms with Crippen molar-refractivity contribution < 1.29 is 38.9 Å². The van der Waals surface area contributed by atoms with Crippen molar-refractivity contribution >= 4 is 52.5 Å². The van der Waals surface area contributed by atoms with Gasteiger partial charge in [-0.2, -0.15) is 0 Å². The Bertz CT molecular complexity index is 1910. The number of hydrogen-bond donors (Lipinski definition) is 6. The molecule has 5 rings (SSSR count). The van der Waals surface area contributed by atoms with Crippen LogP contribution in [0.2, 0.25) is 0 Å². The number of hydrazine groups is 2. The Labute approximate surface area is 258 Å². The molecule has 1 aliphatic rings. The SMILES string of the molecule is O=C(NNC(=O)c1ccc(N2C(=O)c3ccc(C(=O)NNC(=O)c4ccc([N+](=O)[O-])cc4)cc3C2=O)cc1)c1ccc(NO)cc1. The van der Waals surface area contributed by atoms with E-state index in [4.69, 9.17) is 5.21 Å². The number of nitrogens with one attached hydrogen (secondary N) is 5. The Hall–Kier alpha value is -6.94. The van der Waals surface area contributed by atoms with E-state index in [1.807, 2.05) is 5.48 Å². The van der Waals surface area contributed by atoms with E-state index in [-0.39, 0.29) is 44.8 Å². The second-order valence-corrected chi connectivity index (χ2v) is 9.56. The number of carbonyl (C=O) groups excluding carboxylic acids is 6. The molecule has 0 aromatic heterocycles. The molecule has 0 bridgehead atoms. The number of hydrogen-bond acceptors (Lipinski definition) is 10. The summed E-state index contributed by atoms with van der Waals surface area (Å²) in [4.78, 5) is 87.0. The summed E-state index contributed by atoms with van der Waals surface area (Å²) in [6.07, 6.45) is 0. The highest BCUT2D eigenvalue weighted by atomic mass is 16.6. The third-order valence-corrected chi connectivity index (χ3v) is 6.73. The number of fused-ring (bicyclic) bond motifs is 1. The summed E-state index contributed by atoms with van der Waals surface area (Å²) in [5, 5.41) is 19.6. The molecular formula is C30H21N7O9. The highest BCUT2D eigenvalue weighted by Crippen LogP contribution is 2.29. The van der Waals surface area contributed by atoms with Crippen LogP contribution in [-0.2, 0) is 0 Å². The largest absolute Gasteiger partial charge is 0.291 e. The summed E-state index contributed by atoms with van der Waals surface area (Å²) in [5.74, 6) is -4.21. The fourth-order valence-electron chi connectivity index (χ4n) is 4.32. The van der Waals surface area contributed by atoms with Gasteiger partial charge in [0.1, 0.15) is 0 Å². The van der Waals surface area contributed by atoms with E-state index >= 15 is 0 Å². The van der Waals surface area contributed by atoms with E-state index in [0.29, 0.717) is 5.69 Å². The van der Waals surface area contributed by atoms with Crippen LogP contribution in [0.1, 0.15) is 62.1 Å². The first kappa shape index (κ1) is 30.5. The average molecular weight is 624 g/mol. The number of rotatable bonds is 7. The number of non-ortho nitro benzene ring substituents is 1. The van der Waals surface area contributed by atoms with Crippen molar-refractivity contribution in [3.63, 3.8) is 0 Å². The van der Waals surface area contributed by atoms with Crippen molar-refractivity contribution in [2.75, 3.05) is 10.4 Å². The maximum absolute atomic E-state index is 13.2. The van der Waals surface area contributed by atoms with Crippen LogP contribution in [0.3, 0.4) is 0 Å². The van der Waals surface area contributed by atoms with Crippen LogP contribution in [0, 0.1) is 10.1 Å². The molecule has 6 amide bonds. The van der Waals surface area contributed by atoms with Crippen LogP contribution >= 0.6 is 0 Å². The van der Waals surface area contributed by atoms with Crippen LogP contribution in [0.5, 0.6) is 0 Å². The lowest BCUT2D eigenvalue weighted by atomic mass is 10.1. The van der Waals surface area contributed by atoms with Crippen molar-refractivity contribution in [1.29, 1.82) is 0 Å². The molecule has 0 spiro atoms. The number of nitro benzene ring substituents is 1. The molecule has 0 unspecified atom stereocenters. The Balaban J connectivity index is 1.20. The summed E-state index contributed by atoms with van der Waals surface area (Å²) < 4.78 is 0. The summed E-state index contributed by atoms with van der Waals surface area (Å²) in [7, 11) is 0.